The summed E-state index contributed by atoms with van der Waals surface area (Å²) < 4.78 is 16.1. The van der Waals surface area contributed by atoms with Gasteiger partial charge in [-0.2, -0.15) is 0 Å². The summed E-state index contributed by atoms with van der Waals surface area (Å²) in [5, 5.41) is 13.4. The summed E-state index contributed by atoms with van der Waals surface area (Å²) in [6.45, 7) is 1.87. The highest BCUT2D eigenvalue weighted by molar-refractivity contribution is 7.99. The molecule has 2 aromatic heterocycles. The minimum absolute atomic E-state index is 0.141. The number of nitrogens with zero attached hydrogens (tertiary/aromatic N) is 3. The molecule has 0 saturated heterocycles. The van der Waals surface area contributed by atoms with E-state index < -0.39 is 0 Å². The fraction of sp³-hybridized carbons (Fsp3) is 0.250. The van der Waals surface area contributed by atoms with Gasteiger partial charge >= 0.3 is 0 Å². The first-order chi connectivity index (χ1) is 12.6. The van der Waals surface area contributed by atoms with Gasteiger partial charge in [-0.15, -0.1) is 21.5 Å². The molecule has 8 nitrogen and oxygen atoms in total. The predicted octanol–water partition coefficient (Wildman–Crippen LogP) is 3.25. The van der Waals surface area contributed by atoms with Crippen LogP contribution in [0.15, 0.2) is 33.2 Å². The third kappa shape index (κ3) is 4.52. The second-order valence-corrected chi connectivity index (χ2v) is 6.89. The third-order valence-electron chi connectivity index (χ3n) is 3.20. The smallest absolute Gasteiger partial charge is 0.277 e. The number of anilines is 1. The van der Waals surface area contributed by atoms with E-state index in [9.17, 15) is 4.79 Å². The Kier molecular flexibility index (Phi) is 5.74. The Labute approximate surface area is 157 Å². The number of carbonyl (C=O) groups is 1. The lowest BCUT2D eigenvalue weighted by molar-refractivity contribution is -0.113. The third-order valence-corrected chi connectivity index (χ3v) is 4.89. The Morgan fingerprint density at radius 1 is 1.23 bits per heavy atom. The van der Waals surface area contributed by atoms with E-state index >= 15 is 0 Å². The molecule has 0 atom stereocenters. The van der Waals surface area contributed by atoms with Gasteiger partial charge in [0.15, 0.2) is 5.13 Å². The van der Waals surface area contributed by atoms with Gasteiger partial charge in [0, 0.05) is 17.0 Å². The van der Waals surface area contributed by atoms with Crippen LogP contribution in [-0.4, -0.2) is 41.1 Å². The number of aromatic nitrogens is 3. The average Bonchev–Trinajstić information content (AvgIpc) is 3.28. The van der Waals surface area contributed by atoms with Gasteiger partial charge < -0.3 is 19.2 Å². The number of aryl methyl sites for hydroxylation is 1. The van der Waals surface area contributed by atoms with Crippen LogP contribution in [0.5, 0.6) is 11.5 Å². The maximum Gasteiger partial charge on any atom is 0.277 e. The summed E-state index contributed by atoms with van der Waals surface area (Å²) in [5.41, 5.74) is 1.54. The number of hydrogen-bond donors (Lipinski definition) is 1. The quantitative estimate of drug-likeness (QED) is 0.612. The predicted molar refractivity (Wildman–Crippen MR) is 99.0 cm³/mol. The van der Waals surface area contributed by atoms with Crippen LogP contribution in [0.2, 0.25) is 0 Å². The zero-order valence-corrected chi connectivity index (χ0v) is 15.9. The average molecular weight is 392 g/mol. The molecule has 1 aromatic carbocycles. The summed E-state index contributed by atoms with van der Waals surface area (Å²) in [4.78, 5) is 16.1. The molecule has 0 spiro atoms. The van der Waals surface area contributed by atoms with Crippen molar-refractivity contribution in [1.82, 2.24) is 15.2 Å². The van der Waals surface area contributed by atoms with E-state index in [0.717, 1.165) is 17.5 Å². The normalized spacial score (nSPS) is 10.6. The molecule has 0 aliphatic rings. The molecule has 0 radical (unpaired) electrons. The summed E-state index contributed by atoms with van der Waals surface area (Å²) in [5.74, 6) is 1.50. The highest BCUT2D eigenvalue weighted by atomic mass is 32.2. The van der Waals surface area contributed by atoms with Crippen LogP contribution >= 0.6 is 23.1 Å². The summed E-state index contributed by atoms with van der Waals surface area (Å²) in [6.07, 6.45) is 0. The molecule has 10 heteroatoms. The van der Waals surface area contributed by atoms with Crippen molar-refractivity contribution in [3.63, 3.8) is 0 Å². The van der Waals surface area contributed by atoms with Crippen LogP contribution in [-0.2, 0) is 4.79 Å². The zero-order valence-electron chi connectivity index (χ0n) is 14.3. The molecule has 0 fully saturated rings. The largest absolute Gasteiger partial charge is 0.497 e. The monoisotopic (exact) mass is 392 g/mol. The minimum atomic E-state index is -0.188. The van der Waals surface area contributed by atoms with E-state index in [2.05, 4.69) is 20.5 Å². The molecule has 136 valence electrons. The van der Waals surface area contributed by atoms with Gasteiger partial charge in [0.2, 0.25) is 11.8 Å². The van der Waals surface area contributed by atoms with E-state index in [1.807, 2.05) is 12.3 Å². The molecule has 0 bridgehead atoms. The van der Waals surface area contributed by atoms with Gasteiger partial charge in [-0.25, -0.2) is 4.98 Å². The molecule has 0 unspecified atom stereocenters. The van der Waals surface area contributed by atoms with Crippen LogP contribution in [0, 0.1) is 6.92 Å². The lowest BCUT2D eigenvalue weighted by atomic mass is 10.2. The van der Waals surface area contributed by atoms with Crippen molar-refractivity contribution in [2.75, 3.05) is 25.3 Å². The van der Waals surface area contributed by atoms with Gasteiger partial charge in [-0.05, 0) is 19.1 Å². The molecular formula is C16H16N4O4S2. The van der Waals surface area contributed by atoms with Gasteiger partial charge in [-0.1, -0.05) is 11.8 Å². The maximum absolute atomic E-state index is 12.0. The Balaban J connectivity index is 1.63. The second kappa shape index (κ2) is 8.19. The minimum Gasteiger partial charge on any atom is -0.497 e. The van der Waals surface area contributed by atoms with Crippen molar-refractivity contribution in [2.24, 2.45) is 0 Å². The molecule has 3 aromatic rings. The Hall–Kier alpha value is -2.59. The number of hydrogen-bond acceptors (Lipinski definition) is 9. The summed E-state index contributed by atoms with van der Waals surface area (Å²) in [7, 11) is 3.13. The molecule has 3 rings (SSSR count). The fourth-order valence-electron chi connectivity index (χ4n) is 2.01. The van der Waals surface area contributed by atoms with E-state index in [1.165, 1.54) is 11.3 Å². The summed E-state index contributed by atoms with van der Waals surface area (Å²) in [6, 6.07) is 5.28. The number of thiazole rings is 1. The lowest BCUT2D eigenvalue weighted by Crippen LogP contribution is -2.13. The van der Waals surface area contributed by atoms with E-state index in [1.54, 1.807) is 32.4 Å². The van der Waals surface area contributed by atoms with Gasteiger partial charge in [0.05, 0.1) is 25.7 Å². The molecular weight excluding hydrogens is 376 g/mol. The second-order valence-electron chi connectivity index (χ2n) is 5.11. The SMILES string of the molecule is COc1cc(OC)cc(-c2nnc(SCC(=O)Nc3nc(C)cs3)o2)c1. The van der Waals surface area contributed by atoms with Crippen LogP contribution in [0.25, 0.3) is 11.5 Å². The number of rotatable bonds is 7. The molecule has 26 heavy (non-hydrogen) atoms. The molecule has 0 aliphatic heterocycles. The highest BCUT2D eigenvalue weighted by Crippen LogP contribution is 2.30. The molecule has 0 saturated carbocycles. The van der Waals surface area contributed by atoms with Crippen LogP contribution < -0.4 is 14.8 Å². The fourth-order valence-corrected chi connectivity index (χ4v) is 3.28. The zero-order chi connectivity index (χ0) is 18.5. The van der Waals surface area contributed by atoms with Crippen molar-refractivity contribution in [3.05, 3.63) is 29.3 Å². The van der Waals surface area contributed by atoms with Crippen molar-refractivity contribution >= 4 is 34.1 Å². The highest BCUT2D eigenvalue weighted by Gasteiger charge is 2.14. The van der Waals surface area contributed by atoms with Gasteiger partial charge in [0.1, 0.15) is 11.5 Å². The number of thioether (sulfide) groups is 1. The van der Waals surface area contributed by atoms with Crippen molar-refractivity contribution in [3.8, 4) is 23.0 Å². The van der Waals surface area contributed by atoms with Gasteiger partial charge in [-0.3, -0.25) is 4.79 Å². The van der Waals surface area contributed by atoms with E-state index in [0.29, 0.717) is 33.3 Å². The van der Waals surface area contributed by atoms with Crippen molar-refractivity contribution in [2.45, 2.75) is 12.1 Å². The lowest BCUT2D eigenvalue weighted by Gasteiger charge is -2.05. The molecule has 0 aliphatic carbocycles. The molecule has 1 N–H and O–H groups in total. The first kappa shape index (κ1) is 18.2. The number of benzene rings is 1. The molecule has 1 amide bonds. The standard InChI is InChI=1S/C16H16N4O4S2/c1-9-7-25-15(17-9)18-13(21)8-26-16-20-19-14(24-16)10-4-11(22-2)6-12(5-10)23-3/h4-7H,8H2,1-3H3,(H,17,18,21). The van der Waals surface area contributed by atoms with E-state index in [-0.39, 0.29) is 11.7 Å². The first-order valence-corrected chi connectivity index (χ1v) is 9.35. The van der Waals surface area contributed by atoms with Crippen molar-refractivity contribution < 1.29 is 18.7 Å². The van der Waals surface area contributed by atoms with Crippen LogP contribution in [0.3, 0.4) is 0 Å². The Morgan fingerprint density at radius 3 is 2.58 bits per heavy atom. The topological polar surface area (TPSA) is 99.4 Å². The number of nitrogens with one attached hydrogen (secondary N) is 1. The Bertz CT molecular complexity index is 887. The van der Waals surface area contributed by atoms with Crippen LogP contribution in [0.1, 0.15) is 5.69 Å². The molecule has 2 heterocycles. The van der Waals surface area contributed by atoms with Gasteiger partial charge in [0.25, 0.3) is 5.22 Å². The number of methoxy groups -OCH3 is 2. The number of amides is 1. The van der Waals surface area contributed by atoms with Crippen LogP contribution in [0.4, 0.5) is 5.13 Å². The maximum atomic E-state index is 12.0. The van der Waals surface area contributed by atoms with E-state index in [4.69, 9.17) is 13.9 Å². The Morgan fingerprint density at radius 2 is 1.96 bits per heavy atom. The summed E-state index contributed by atoms with van der Waals surface area (Å²) >= 11 is 2.53. The number of carbonyl (C=O) groups excluding carboxylic acids is 1. The first-order valence-electron chi connectivity index (χ1n) is 7.49. The van der Waals surface area contributed by atoms with Crippen molar-refractivity contribution in [1.29, 1.82) is 0 Å². The number of ether oxygens (including phenoxy) is 2.